The molecule has 0 atom stereocenters. The van der Waals surface area contributed by atoms with Crippen LogP contribution in [0.2, 0.25) is 0 Å². The Morgan fingerprint density at radius 1 is 0.774 bits per heavy atom. The number of nitrogens with one attached hydrogen (secondary N) is 2. The number of anilines is 1. The van der Waals surface area contributed by atoms with E-state index in [0.29, 0.717) is 24.7 Å². The maximum absolute atomic E-state index is 12.6. The van der Waals surface area contributed by atoms with Gasteiger partial charge in [0, 0.05) is 12.6 Å². The monoisotopic (exact) mass is 416 g/mol. The molecule has 3 aromatic carbocycles. The standard InChI is InChI=1S/C25H24N2O4/c1-19(28)26-24(18-20-8-4-2-5-9-20)25(29)27-21-12-14-23(15-13-21)31-17-16-30-22-10-6-3-7-11-22/h2-15,18H,16-17H2,1H3,(H,26,28)(H,27,29). The van der Waals surface area contributed by atoms with Crippen LogP contribution in [-0.2, 0) is 9.59 Å². The second kappa shape index (κ2) is 11.2. The van der Waals surface area contributed by atoms with Crippen LogP contribution in [0.1, 0.15) is 12.5 Å². The normalized spacial score (nSPS) is 10.8. The molecule has 0 unspecified atom stereocenters. The van der Waals surface area contributed by atoms with Gasteiger partial charge in [0.2, 0.25) is 5.91 Å². The molecule has 0 aliphatic heterocycles. The predicted molar refractivity (Wildman–Crippen MR) is 121 cm³/mol. The lowest BCUT2D eigenvalue weighted by Gasteiger charge is -2.11. The lowest BCUT2D eigenvalue weighted by molar-refractivity contribution is -0.120. The van der Waals surface area contributed by atoms with Crippen molar-refractivity contribution in [3.8, 4) is 11.5 Å². The van der Waals surface area contributed by atoms with Crippen molar-refractivity contribution in [2.75, 3.05) is 18.5 Å². The Morgan fingerprint density at radius 2 is 1.32 bits per heavy atom. The van der Waals surface area contributed by atoms with Crippen molar-refractivity contribution in [2.24, 2.45) is 0 Å². The van der Waals surface area contributed by atoms with Crippen molar-refractivity contribution in [2.45, 2.75) is 6.92 Å². The molecule has 0 radical (unpaired) electrons. The summed E-state index contributed by atoms with van der Waals surface area (Å²) in [6.45, 7) is 2.18. The largest absolute Gasteiger partial charge is 0.490 e. The van der Waals surface area contributed by atoms with Gasteiger partial charge in [0.15, 0.2) is 0 Å². The zero-order valence-electron chi connectivity index (χ0n) is 17.2. The highest BCUT2D eigenvalue weighted by Crippen LogP contribution is 2.17. The zero-order chi connectivity index (χ0) is 21.9. The highest BCUT2D eigenvalue weighted by molar-refractivity contribution is 6.08. The van der Waals surface area contributed by atoms with Crippen molar-refractivity contribution in [1.82, 2.24) is 5.32 Å². The second-order valence-corrected chi connectivity index (χ2v) is 6.64. The summed E-state index contributed by atoms with van der Waals surface area (Å²) in [6, 6.07) is 25.8. The van der Waals surface area contributed by atoms with E-state index in [1.54, 1.807) is 30.3 Å². The quantitative estimate of drug-likeness (QED) is 0.404. The molecule has 0 aliphatic carbocycles. The average molecular weight is 416 g/mol. The van der Waals surface area contributed by atoms with Crippen LogP contribution < -0.4 is 20.1 Å². The predicted octanol–water partition coefficient (Wildman–Crippen LogP) is 4.26. The molecular weight excluding hydrogens is 392 g/mol. The third kappa shape index (κ3) is 7.36. The first-order chi connectivity index (χ1) is 15.1. The Balaban J connectivity index is 1.54. The van der Waals surface area contributed by atoms with Crippen LogP contribution in [0, 0.1) is 0 Å². The molecule has 0 saturated carbocycles. The molecule has 0 spiro atoms. The van der Waals surface area contributed by atoms with Gasteiger partial charge in [0.1, 0.15) is 30.4 Å². The molecule has 0 saturated heterocycles. The van der Waals surface area contributed by atoms with Crippen molar-refractivity contribution in [3.63, 3.8) is 0 Å². The minimum absolute atomic E-state index is 0.164. The summed E-state index contributed by atoms with van der Waals surface area (Å²) >= 11 is 0. The van der Waals surface area contributed by atoms with Gasteiger partial charge in [-0.25, -0.2) is 0 Å². The highest BCUT2D eigenvalue weighted by atomic mass is 16.5. The number of carbonyl (C=O) groups excluding carboxylic acids is 2. The molecule has 6 nitrogen and oxygen atoms in total. The van der Waals surface area contributed by atoms with Gasteiger partial charge in [-0.15, -0.1) is 0 Å². The minimum atomic E-state index is -0.413. The summed E-state index contributed by atoms with van der Waals surface area (Å²) in [5.74, 6) is 0.724. The van der Waals surface area contributed by atoms with E-state index >= 15 is 0 Å². The zero-order valence-corrected chi connectivity index (χ0v) is 17.2. The number of hydrogen-bond acceptors (Lipinski definition) is 4. The van der Waals surface area contributed by atoms with Crippen LogP contribution in [0.5, 0.6) is 11.5 Å². The topological polar surface area (TPSA) is 76.7 Å². The molecule has 0 heterocycles. The molecule has 0 aliphatic rings. The number of para-hydroxylation sites is 1. The van der Waals surface area contributed by atoms with Gasteiger partial charge in [0.25, 0.3) is 5.91 Å². The molecule has 158 valence electrons. The van der Waals surface area contributed by atoms with E-state index in [4.69, 9.17) is 9.47 Å². The molecule has 2 amide bonds. The molecular formula is C25H24N2O4. The third-order valence-electron chi connectivity index (χ3n) is 4.14. The Labute approximate surface area is 181 Å². The van der Waals surface area contributed by atoms with Crippen LogP contribution >= 0.6 is 0 Å². The van der Waals surface area contributed by atoms with E-state index < -0.39 is 5.91 Å². The Bertz CT molecular complexity index is 1020. The van der Waals surface area contributed by atoms with Gasteiger partial charge in [-0.05, 0) is 48.0 Å². The molecule has 0 aromatic heterocycles. The molecule has 6 heteroatoms. The summed E-state index contributed by atoms with van der Waals surface area (Å²) in [5.41, 5.74) is 1.56. The van der Waals surface area contributed by atoms with E-state index in [1.807, 2.05) is 60.7 Å². The maximum atomic E-state index is 12.6. The Hall–Kier alpha value is -4.06. The van der Waals surface area contributed by atoms with E-state index in [-0.39, 0.29) is 11.6 Å². The summed E-state index contributed by atoms with van der Waals surface area (Å²) in [5, 5.41) is 5.36. The third-order valence-corrected chi connectivity index (χ3v) is 4.14. The fraction of sp³-hybridized carbons (Fsp3) is 0.120. The summed E-state index contributed by atoms with van der Waals surface area (Å²) in [6.07, 6.45) is 1.63. The molecule has 0 bridgehead atoms. The lowest BCUT2D eigenvalue weighted by atomic mass is 10.2. The van der Waals surface area contributed by atoms with Crippen LogP contribution in [0.4, 0.5) is 5.69 Å². The summed E-state index contributed by atoms with van der Waals surface area (Å²) in [4.78, 5) is 24.1. The van der Waals surface area contributed by atoms with Gasteiger partial charge in [0.05, 0.1) is 0 Å². The number of ether oxygens (including phenoxy) is 2. The van der Waals surface area contributed by atoms with Crippen molar-refractivity contribution >= 4 is 23.6 Å². The SMILES string of the molecule is CC(=O)NC(=Cc1ccccc1)C(=O)Nc1ccc(OCCOc2ccccc2)cc1. The number of benzene rings is 3. The Kier molecular flexibility index (Phi) is 7.83. The number of rotatable bonds is 9. The first-order valence-electron chi connectivity index (χ1n) is 9.86. The van der Waals surface area contributed by atoms with E-state index in [0.717, 1.165) is 11.3 Å². The fourth-order valence-corrected chi connectivity index (χ4v) is 2.73. The van der Waals surface area contributed by atoms with E-state index in [2.05, 4.69) is 10.6 Å². The fourth-order valence-electron chi connectivity index (χ4n) is 2.73. The van der Waals surface area contributed by atoms with Crippen molar-refractivity contribution in [1.29, 1.82) is 0 Å². The lowest BCUT2D eigenvalue weighted by Crippen LogP contribution is -2.28. The maximum Gasteiger partial charge on any atom is 0.272 e. The Morgan fingerprint density at radius 3 is 1.90 bits per heavy atom. The first kappa shape index (κ1) is 21.6. The minimum Gasteiger partial charge on any atom is -0.490 e. The van der Waals surface area contributed by atoms with Gasteiger partial charge >= 0.3 is 0 Å². The summed E-state index contributed by atoms with van der Waals surface area (Å²) < 4.78 is 11.2. The molecule has 31 heavy (non-hydrogen) atoms. The van der Waals surface area contributed by atoms with E-state index in [1.165, 1.54) is 6.92 Å². The van der Waals surface area contributed by atoms with Crippen LogP contribution in [0.15, 0.2) is 90.6 Å². The molecule has 3 aromatic rings. The van der Waals surface area contributed by atoms with Gasteiger partial charge in [-0.1, -0.05) is 48.5 Å². The second-order valence-electron chi connectivity index (χ2n) is 6.64. The van der Waals surface area contributed by atoms with Crippen LogP contribution in [-0.4, -0.2) is 25.0 Å². The van der Waals surface area contributed by atoms with Gasteiger partial charge in [-0.2, -0.15) is 0 Å². The van der Waals surface area contributed by atoms with Gasteiger partial charge < -0.3 is 20.1 Å². The average Bonchev–Trinajstić information content (AvgIpc) is 2.78. The number of carbonyl (C=O) groups is 2. The molecule has 2 N–H and O–H groups in total. The highest BCUT2D eigenvalue weighted by Gasteiger charge is 2.12. The number of hydrogen-bond donors (Lipinski definition) is 2. The van der Waals surface area contributed by atoms with Crippen molar-refractivity contribution < 1.29 is 19.1 Å². The van der Waals surface area contributed by atoms with Crippen molar-refractivity contribution in [3.05, 3.63) is 96.2 Å². The molecule has 0 fully saturated rings. The molecule has 3 rings (SSSR count). The van der Waals surface area contributed by atoms with Crippen LogP contribution in [0.25, 0.3) is 6.08 Å². The smallest absolute Gasteiger partial charge is 0.272 e. The first-order valence-corrected chi connectivity index (χ1v) is 9.86. The van der Waals surface area contributed by atoms with Gasteiger partial charge in [-0.3, -0.25) is 9.59 Å². The number of amides is 2. The summed E-state index contributed by atoms with van der Waals surface area (Å²) in [7, 11) is 0. The van der Waals surface area contributed by atoms with Crippen LogP contribution in [0.3, 0.4) is 0 Å². The van der Waals surface area contributed by atoms with E-state index in [9.17, 15) is 9.59 Å².